The molecule has 8 unspecified atom stereocenters. The van der Waals surface area contributed by atoms with Gasteiger partial charge >= 0.3 is 7.82 Å². The van der Waals surface area contributed by atoms with Crippen molar-refractivity contribution >= 4 is 13.7 Å². The second kappa shape index (κ2) is 37.0. The number of phosphoric acid groups is 1. The molecule has 0 aromatic heterocycles. The summed E-state index contributed by atoms with van der Waals surface area (Å²) in [6.45, 7) is 3.72. The molecule has 0 radical (unpaired) electrons. The Morgan fingerprint density at radius 3 is 1.39 bits per heavy atom. The van der Waals surface area contributed by atoms with Crippen molar-refractivity contribution < 1.29 is 59.0 Å². The summed E-state index contributed by atoms with van der Waals surface area (Å²) in [5, 5.41) is 74.4. The van der Waals surface area contributed by atoms with E-state index in [2.05, 4.69) is 31.3 Å². The number of unbranched alkanes of at least 4 members (excludes halogenated alkanes) is 25. The van der Waals surface area contributed by atoms with Crippen molar-refractivity contribution in [3.63, 3.8) is 0 Å². The molecular formula is C47H90NO12P. The number of phosphoric ester groups is 1. The van der Waals surface area contributed by atoms with E-state index >= 15 is 0 Å². The maximum Gasteiger partial charge on any atom is 0.472 e. The zero-order chi connectivity index (χ0) is 45.1. The summed E-state index contributed by atoms with van der Waals surface area (Å²) < 4.78 is 22.8. The second-order valence-corrected chi connectivity index (χ2v) is 18.9. The van der Waals surface area contributed by atoms with E-state index in [1.54, 1.807) is 6.08 Å². The van der Waals surface area contributed by atoms with Crippen molar-refractivity contribution in [2.24, 2.45) is 0 Å². The molecule has 1 rings (SSSR count). The molecular weight excluding hydrogens is 801 g/mol. The van der Waals surface area contributed by atoms with Crippen LogP contribution in [0, 0.1) is 0 Å². The highest BCUT2D eigenvalue weighted by molar-refractivity contribution is 7.47. The van der Waals surface area contributed by atoms with Gasteiger partial charge in [-0.15, -0.1) is 0 Å². The van der Waals surface area contributed by atoms with Crippen molar-refractivity contribution in [3.05, 3.63) is 24.3 Å². The second-order valence-electron chi connectivity index (χ2n) is 17.5. The van der Waals surface area contributed by atoms with Crippen molar-refractivity contribution in [1.29, 1.82) is 0 Å². The van der Waals surface area contributed by atoms with Crippen LogP contribution in [-0.2, 0) is 18.4 Å². The molecule has 1 amide bonds. The van der Waals surface area contributed by atoms with Crippen LogP contribution in [0.5, 0.6) is 0 Å². The SMILES string of the molecule is CCCCCCCCCCC/C=C/C(O)C(COP(=O)(O)OC1C(O)C(O)C(O)C(O)C1O)NC(=O)CC(O)CCCCCCC/C=C\CCCCCCCCCCCCC. The minimum Gasteiger partial charge on any atom is -0.393 e. The molecule has 0 bridgehead atoms. The number of allylic oxidation sites excluding steroid dienone is 3. The van der Waals surface area contributed by atoms with E-state index in [0.29, 0.717) is 12.8 Å². The Morgan fingerprint density at radius 2 is 0.951 bits per heavy atom. The average molecular weight is 892 g/mol. The van der Waals surface area contributed by atoms with Crippen molar-refractivity contribution in [2.45, 2.75) is 261 Å². The molecule has 0 aromatic rings. The Kier molecular flexibility index (Phi) is 35.1. The van der Waals surface area contributed by atoms with E-state index in [4.69, 9.17) is 9.05 Å². The van der Waals surface area contributed by atoms with Crippen LogP contribution in [0.2, 0.25) is 0 Å². The molecule has 9 N–H and O–H groups in total. The van der Waals surface area contributed by atoms with Gasteiger partial charge in [0.25, 0.3) is 0 Å². The van der Waals surface area contributed by atoms with Crippen LogP contribution in [0.15, 0.2) is 24.3 Å². The number of carbonyl (C=O) groups excluding carboxylic acids is 1. The normalized spacial score (nSPS) is 23.4. The van der Waals surface area contributed by atoms with Gasteiger partial charge in [0.2, 0.25) is 5.91 Å². The topological polar surface area (TPSA) is 226 Å². The van der Waals surface area contributed by atoms with E-state index in [1.165, 1.54) is 115 Å². The number of carbonyl (C=O) groups is 1. The molecule has 0 saturated heterocycles. The molecule has 0 aromatic carbocycles. The molecule has 8 atom stereocenters. The van der Waals surface area contributed by atoms with E-state index < -0.39 is 75.2 Å². The first-order valence-electron chi connectivity index (χ1n) is 24.4. The lowest BCUT2D eigenvalue weighted by molar-refractivity contribution is -0.220. The van der Waals surface area contributed by atoms with E-state index in [-0.39, 0.29) is 6.42 Å². The lowest BCUT2D eigenvalue weighted by Crippen LogP contribution is -2.64. The van der Waals surface area contributed by atoms with Crippen molar-refractivity contribution in [2.75, 3.05) is 6.61 Å². The largest absolute Gasteiger partial charge is 0.472 e. The number of rotatable bonds is 40. The highest BCUT2D eigenvalue weighted by Crippen LogP contribution is 2.47. The molecule has 61 heavy (non-hydrogen) atoms. The van der Waals surface area contributed by atoms with Crippen LogP contribution in [-0.4, -0.2) is 108 Å². The summed E-state index contributed by atoms with van der Waals surface area (Å²) in [5.74, 6) is -0.598. The van der Waals surface area contributed by atoms with Gasteiger partial charge in [0.15, 0.2) is 0 Å². The van der Waals surface area contributed by atoms with Gasteiger partial charge < -0.3 is 46.0 Å². The predicted molar refractivity (Wildman–Crippen MR) is 243 cm³/mol. The number of hydrogen-bond donors (Lipinski definition) is 9. The van der Waals surface area contributed by atoms with E-state index in [9.17, 15) is 50.0 Å². The molecule has 13 nitrogen and oxygen atoms in total. The summed E-state index contributed by atoms with van der Waals surface area (Å²) >= 11 is 0. The van der Waals surface area contributed by atoms with E-state index in [0.717, 1.165) is 64.2 Å². The monoisotopic (exact) mass is 892 g/mol. The van der Waals surface area contributed by atoms with Crippen LogP contribution >= 0.6 is 7.82 Å². The zero-order valence-corrected chi connectivity index (χ0v) is 39.0. The van der Waals surface area contributed by atoms with Crippen LogP contribution in [0.25, 0.3) is 0 Å². The van der Waals surface area contributed by atoms with Crippen LogP contribution in [0.4, 0.5) is 0 Å². The van der Waals surface area contributed by atoms with Gasteiger partial charge in [0, 0.05) is 0 Å². The molecule has 1 aliphatic carbocycles. The van der Waals surface area contributed by atoms with Gasteiger partial charge in [-0.25, -0.2) is 4.57 Å². The maximum atomic E-state index is 13.0. The van der Waals surface area contributed by atoms with Gasteiger partial charge in [-0.1, -0.05) is 179 Å². The third-order valence-corrected chi connectivity index (χ3v) is 12.8. The summed E-state index contributed by atoms with van der Waals surface area (Å²) in [4.78, 5) is 23.4. The number of aliphatic hydroxyl groups is 7. The summed E-state index contributed by atoms with van der Waals surface area (Å²) in [6, 6.07) is -1.24. The fraction of sp³-hybridized carbons (Fsp3) is 0.894. The molecule has 0 heterocycles. The van der Waals surface area contributed by atoms with Crippen molar-refractivity contribution in [1.82, 2.24) is 5.32 Å². The van der Waals surface area contributed by atoms with Crippen LogP contribution in [0.3, 0.4) is 0 Å². The Bertz CT molecular complexity index is 1140. The summed E-state index contributed by atoms with van der Waals surface area (Å²) in [7, 11) is -5.14. The molecule has 1 aliphatic rings. The van der Waals surface area contributed by atoms with Gasteiger partial charge in [-0.3, -0.25) is 13.8 Å². The zero-order valence-electron chi connectivity index (χ0n) is 38.1. The first-order chi connectivity index (χ1) is 29.3. The quantitative estimate of drug-likeness (QED) is 0.0161. The first kappa shape index (κ1) is 57.8. The van der Waals surface area contributed by atoms with Crippen molar-refractivity contribution in [3.8, 4) is 0 Å². The highest BCUT2D eigenvalue weighted by Gasteiger charge is 2.51. The standard InChI is InChI=1S/C47H90NO12P/c1-3-5-7-9-11-13-15-16-17-18-19-20-21-22-23-25-26-28-30-32-34-38(49)36-41(51)48-39(40(50)35-33-31-29-27-24-14-12-10-8-6-4-2)37-59-61(57,58)60-47-45(55)43(53)42(52)44(54)46(47)56/h21-22,33,35,38-40,42-47,49-50,52-56H,3-20,23-32,34,36-37H2,1-2H3,(H,48,51)(H,57,58)/b22-21-,35-33+. The Hall–Kier alpha value is -1.22. The predicted octanol–water partition coefficient (Wildman–Crippen LogP) is 8.37. The smallest absolute Gasteiger partial charge is 0.393 e. The van der Waals surface area contributed by atoms with E-state index in [1.807, 2.05) is 0 Å². The summed E-state index contributed by atoms with van der Waals surface area (Å²) in [5.41, 5.74) is 0. The minimum absolute atomic E-state index is 0.249. The number of aliphatic hydroxyl groups excluding tert-OH is 7. The summed E-state index contributed by atoms with van der Waals surface area (Å²) in [6.07, 6.45) is 27.1. The molecule has 1 saturated carbocycles. The van der Waals surface area contributed by atoms with Gasteiger partial charge in [0.1, 0.15) is 36.6 Å². The lowest BCUT2D eigenvalue weighted by atomic mass is 9.85. The van der Waals surface area contributed by atoms with Gasteiger partial charge in [-0.2, -0.15) is 0 Å². The van der Waals surface area contributed by atoms with Gasteiger partial charge in [0.05, 0.1) is 31.3 Å². The first-order valence-corrected chi connectivity index (χ1v) is 25.9. The molecule has 0 aliphatic heterocycles. The number of hydrogen-bond acceptors (Lipinski definition) is 11. The van der Waals surface area contributed by atoms with Crippen LogP contribution < -0.4 is 5.32 Å². The average Bonchev–Trinajstić information content (AvgIpc) is 3.23. The molecule has 14 heteroatoms. The highest BCUT2D eigenvalue weighted by atomic mass is 31.2. The Balaban J connectivity index is 2.46. The maximum absolute atomic E-state index is 13.0. The fourth-order valence-electron chi connectivity index (χ4n) is 7.76. The number of amides is 1. The number of nitrogens with one attached hydrogen (secondary N) is 1. The van der Waals surface area contributed by atoms with Gasteiger partial charge in [-0.05, 0) is 44.9 Å². The fourth-order valence-corrected chi connectivity index (χ4v) is 8.73. The third kappa shape index (κ3) is 29.0. The minimum atomic E-state index is -5.14. The molecule has 1 fully saturated rings. The third-order valence-electron chi connectivity index (χ3n) is 11.8. The molecule has 0 spiro atoms. The Labute approximate surface area is 369 Å². The molecule has 360 valence electrons. The van der Waals surface area contributed by atoms with Crippen LogP contribution in [0.1, 0.15) is 206 Å². The Morgan fingerprint density at radius 1 is 0.574 bits per heavy atom. The lowest BCUT2D eigenvalue weighted by Gasteiger charge is -2.41.